The number of carbonyl (C=O) groups excluding carboxylic acids is 1. The van der Waals surface area contributed by atoms with Crippen LogP contribution in [0.25, 0.3) is 22.0 Å². The second-order valence-electron chi connectivity index (χ2n) is 9.09. The third-order valence-electron chi connectivity index (χ3n) is 6.52. The van der Waals surface area contributed by atoms with Crippen molar-refractivity contribution in [1.82, 2.24) is 10.3 Å². The molecule has 0 aliphatic carbocycles. The quantitative estimate of drug-likeness (QED) is 0.213. The summed E-state index contributed by atoms with van der Waals surface area (Å²) in [6.07, 6.45) is -3.32. The highest BCUT2D eigenvalue weighted by Crippen LogP contribution is 2.39. The third-order valence-corrected chi connectivity index (χ3v) is 6.52. The number of ether oxygens (including phenoxy) is 1. The predicted molar refractivity (Wildman–Crippen MR) is 146 cm³/mol. The Kier molecular flexibility index (Phi) is 7.43. The van der Waals surface area contributed by atoms with Crippen LogP contribution in [-0.2, 0) is 19.3 Å². The smallest absolute Gasteiger partial charge is 0.418 e. The Balaban J connectivity index is 1.54. The first kappa shape index (κ1) is 26.1. The van der Waals surface area contributed by atoms with Crippen molar-refractivity contribution < 1.29 is 22.7 Å². The van der Waals surface area contributed by atoms with Crippen LogP contribution in [-0.4, -0.2) is 17.9 Å². The Morgan fingerprint density at radius 2 is 1.56 bits per heavy atom. The fourth-order valence-electron chi connectivity index (χ4n) is 4.61. The van der Waals surface area contributed by atoms with Crippen LogP contribution in [0.4, 0.5) is 13.2 Å². The van der Waals surface area contributed by atoms with Gasteiger partial charge in [0.25, 0.3) is 0 Å². The van der Waals surface area contributed by atoms with Crippen molar-refractivity contribution >= 4 is 16.7 Å². The lowest BCUT2D eigenvalue weighted by atomic mass is 9.90. The lowest BCUT2D eigenvalue weighted by Crippen LogP contribution is -2.13. The Hall–Kier alpha value is -4.49. The Morgan fingerprint density at radius 3 is 2.28 bits per heavy atom. The summed E-state index contributed by atoms with van der Waals surface area (Å²) >= 11 is 0. The number of alkyl halides is 3. The minimum absolute atomic E-state index is 0.187. The molecule has 0 fully saturated rings. The maximum absolute atomic E-state index is 13.8. The maximum Gasteiger partial charge on any atom is 0.418 e. The molecule has 0 radical (unpaired) electrons. The van der Waals surface area contributed by atoms with Crippen molar-refractivity contribution in [2.24, 2.45) is 0 Å². The van der Waals surface area contributed by atoms with Gasteiger partial charge in [-0.1, -0.05) is 72.8 Å². The third kappa shape index (κ3) is 5.68. The zero-order valence-corrected chi connectivity index (χ0v) is 21.1. The lowest BCUT2D eigenvalue weighted by Gasteiger charge is -2.16. The number of carbonyl (C=O) groups is 1. The SMILES string of the molecule is COc1ccc(CNCc2cccc(-c3c(C(=O)c4ccccc4)cnc4c(C(F)(F)F)cccc34)c2)cc1. The number of methoxy groups -OCH3 is 1. The van der Waals surface area contributed by atoms with Crippen LogP contribution >= 0.6 is 0 Å². The van der Waals surface area contributed by atoms with Gasteiger partial charge in [0.15, 0.2) is 5.78 Å². The number of rotatable bonds is 8. The van der Waals surface area contributed by atoms with Crippen molar-refractivity contribution in [1.29, 1.82) is 0 Å². The molecule has 0 aliphatic heterocycles. The topological polar surface area (TPSA) is 51.2 Å². The number of ketones is 1. The molecule has 0 atom stereocenters. The van der Waals surface area contributed by atoms with E-state index in [9.17, 15) is 18.0 Å². The molecule has 4 nitrogen and oxygen atoms in total. The molecule has 4 aromatic carbocycles. The number of benzene rings is 4. The van der Waals surface area contributed by atoms with Gasteiger partial charge in [-0.25, -0.2) is 0 Å². The van der Waals surface area contributed by atoms with E-state index in [2.05, 4.69) is 10.3 Å². The van der Waals surface area contributed by atoms with Crippen LogP contribution in [0.15, 0.2) is 103 Å². The molecule has 0 saturated carbocycles. The summed E-state index contributed by atoms with van der Waals surface area (Å²) in [5.41, 5.74) is 2.74. The number of hydrogen-bond acceptors (Lipinski definition) is 4. The first-order valence-electron chi connectivity index (χ1n) is 12.4. The van der Waals surface area contributed by atoms with E-state index in [0.29, 0.717) is 29.8 Å². The van der Waals surface area contributed by atoms with Crippen molar-refractivity contribution in [2.45, 2.75) is 19.3 Å². The van der Waals surface area contributed by atoms with Gasteiger partial charge in [0, 0.05) is 41.4 Å². The summed E-state index contributed by atoms with van der Waals surface area (Å²) in [5.74, 6) is 0.478. The van der Waals surface area contributed by atoms with E-state index in [-0.39, 0.29) is 22.2 Å². The van der Waals surface area contributed by atoms with Gasteiger partial charge in [-0.2, -0.15) is 13.2 Å². The highest BCUT2D eigenvalue weighted by atomic mass is 19.4. The van der Waals surface area contributed by atoms with Gasteiger partial charge < -0.3 is 10.1 Å². The average molecular weight is 527 g/mol. The molecule has 5 aromatic rings. The van der Waals surface area contributed by atoms with Crippen LogP contribution in [0.1, 0.15) is 32.6 Å². The molecule has 0 unspecified atom stereocenters. The summed E-state index contributed by atoms with van der Waals surface area (Å²) < 4.78 is 46.7. The van der Waals surface area contributed by atoms with E-state index in [1.54, 1.807) is 43.5 Å². The van der Waals surface area contributed by atoms with Crippen LogP contribution in [0, 0.1) is 0 Å². The van der Waals surface area contributed by atoms with E-state index in [0.717, 1.165) is 22.9 Å². The van der Waals surface area contributed by atoms with E-state index < -0.39 is 11.7 Å². The second-order valence-corrected chi connectivity index (χ2v) is 9.09. The number of aromatic nitrogens is 1. The maximum atomic E-state index is 13.8. The van der Waals surface area contributed by atoms with Gasteiger partial charge in [0.2, 0.25) is 0 Å². The number of nitrogens with zero attached hydrogens (tertiary/aromatic N) is 1. The molecule has 0 spiro atoms. The van der Waals surface area contributed by atoms with Gasteiger partial charge >= 0.3 is 6.18 Å². The Morgan fingerprint density at radius 1 is 0.846 bits per heavy atom. The summed E-state index contributed by atoms with van der Waals surface area (Å²) in [6.45, 7) is 1.15. The highest BCUT2D eigenvalue weighted by Gasteiger charge is 2.34. The van der Waals surface area contributed by atoms with Gasteiger partial charge in [-0.3, -0.25) is 9.78 Å². The Bertz CT molecular complexity index is 1620. The van der Waals surface area contributed by atoms with E-state index in [4.69, 9.17) is 4.74 Å². The monoisotopic (exact) mass is 526 g/mol. The van der Waals surface area contributed by atoms with Crippen molar-refractivity contribution in [3.05, 3.63) is 131 Å². The normalized spacial score (nSPS) is 11.5. The first-order chi connectivity index (χ1) is 18.8. The molecule has 5 rings (SSSR count). The fraction of sp³-hybridized carbons (Fsp3) is 0.125. The summed E-state index contributed by atoms with van der Waals surface area (Å²) in [6, 6.07) is 27.9. The summed E-state index contributed by atoms with van der Waals surface area (Å²) in [5, 5.41) is 3.67. The number of nitrogens with one attached hydrogen (secondary N) is 1. The number of halogens is 3. The van der Waals surface area contributed by atoms with Gasteiger partial charge in [0.05, 0.1) is 18.2 Å². The van der Waals surface area contributed by atoms with Crippen molar-refractivity contribution in [3.8, 4) is 16.9 Å². The van der Waals surface area contributed by atoms with Crippen LogP contribution in [0.3, 0.4) is 0 Å². The molecule has 1 heterocycles. The van der Waals surface area contributed by atoms with Crippen LogP contribution < -0.4 is 10.1 Å². The molecule has 7 heteroatoms. The molecular weight excluding hydrogens is 501 g/mol. The van der Waals surface area contributed by atoms with Crippen molar-refractivity contribution in [2.75, 3.05) is 7.11 Å². The highest BCUT2D eigenvalue weighted by molar-refractivity contribution is 6.16. The molecule has 0 amide bonds. The molecule has 1 N–H and O–H groups in total. The number of hydrogen-bond donors (Lipinski definition) is 1. The number of para-hydroxylation sites is 1. The Labute approximate surface area is 224 Å². The summed E-state index contributed by atoms with van der Waals surface area (Å²) in [4.78, 5) is 17.7. The van der Waals surface area contributed by atoms with Crippen LogP contribution in [0.5, 0.6) is 5.75 Å². The minimum atomic E-state index is -4.58. The predicted octanol–water partition coefficient (Wildman–Crippen LogP) is 7.45. The number of pyridine rings is 1. The minimum Gasteiger partial charge on any atom is -0.497 e. The second kappa shape index (κ2) is 11.1. The first-order valence-corrected chi connectivity index (χ1v) is 12.4. The fourth-order valence-corrected chi connectivity index (χ4v) is 4.61. The van der Waals surface area contributed by atoms with Crippen molar-refractivity contribution in [3.63, 3.8) is 0 Å². The molecule has 0 aliphatic rings. The van der Waals surface area contributed by atoms with E-state index in [1.807, 2.05) is 48.5 Å². The van der Waals surface area contributed by atoms with E-state index in [1.165, 1.54) is 12.3 Å². The average Bonchev–Trinajstić information content (AvgIpc) is 2.96. The standard InChI is InChI=1S/C32H25F3N2O2/c1-39-25-15-13-21(14-16-25)18-36-19-22-7-5-10-24(17-22)29-26-11-6-12-28(32(33,34)35)30(26)37-20-27(29)31(38)23-8-3-2-4-9-23/h2-17,20,36H,18-19H2,1H3. The van der Waals surface area contributed by atoms with E-state index >= 15 is 0 Å². The van der Waals surface area contributed by atoms with Crippen LogP contribution in [0.2, 0.25) is 0 Å². The molecule has 0 saturated heterocycles. The largest absolute Gasteiger partial charge is 0.497 e. The molecule has 39 heavy (non-hydrogen) atoms. The number of fused-ring (bicyclic) bond motifs is 1. The molecule has 0 bridgehead atoms. The molecular formula is C32H25F3N2O2. The summed E-state index contributed by atoms with van der Waals surface area (Å²) in [7, 11) is 1.62. The zero-order chi connectivity index (χ0) is 27.4. The van der Waals surface area contributed by atoms with Gasteiger partial charge in [-0.05, 0) is 41.0 Å². The van der Waals surface area contributed by atoms with Gasteiger partial charge in [-0.15, -0.1) is 0 Å². The zero-order valence-electron chi connectivity index (χ0n) is 21.1. The lowest BCUT2D eigenvalue weighted by molar-refractivity contribution is -0.136. The molecule has 196 valence electrons. The molecule has 1 aromatic heterocycles. The van der Waals surface area contributed by atoms with Gasteiger partial charge in [0.1, 0.15) is 5.75 Å².